The maximum absolute atomic E-state index is 13.0. The molecule has 5 rings (SSSR count). The van der Waals surface area contributed by atoms with Gasteiger partial charge in [-0.05, 0) is 48.5 Å². The van der Waals surface area contributed by atoms with Crippen LogP contribution in [0.5, 0.6) is 5.75 Å². The Morgan fingerprint density at radius 1 is 0.857 bits per heavy atom. The summed E-state index contributed by atoms with van der Waals surface area (Å²) in [5, 5.41) is 4.67. The van der Waals surface area contributed by atoms with E-state index in [1.54, 1.807) is 30.3 Å². The highest BCUT2D eigenvalue weighted by Gasteiger charge is 2.22. The van der Waals surface area contributed by atoms with Crippen LogP contribution in [0.3, 0.4) is 0 Å². The van der Waals surface area contributed by atoms with Crippen LogP contribution < -0.4 is 14.4 Å². The van der Waals surface area contributed by atoms with Gasteiger partial charge in [-0.25, -0.2) is 8.42 Å². The van der Waals surface area contributed by atoms with E-state index in [1.165, 1.54) is 42.7 Å². The third kappa shape index (κ3) is 4.08. The Kier molecular flexibility index (Phi) is 5.66. The minimum atomic E-state index is -3.77. The lowest BCUT2D eigenvalue weighted by atomic mass is 10.1. The second kappa shape index (κ2) is 8.81. The zero-order valence-corrected chi connectivity index (χ0v) is 19.9. The van der Waals surface area contributed by atoms with Crippen LogP contribution in [0.4, 0.5) is 11.4 Å². The number of hydrogen-bond acceptors (Lipinski definition) is 5. The molecule has 0 saturated carbocycles. The zero-order valence-electron chi connectivity index (χ0n) is 19.1. The molecule has 35 heavy (non-hydrogen) atoms. The summed E-state index contributed by atoms with van der Waals surface area (Å²) < 4.78 is 38.6. The molecule has 0 bridgehead atoms. The first-order valence-corrected chi connectivity index (χ1v) is 12.3. The number of hydrogen-bond donors (Lipinski definition) is 1. The van der Waals surface area contributed by atoms with Crippen molar-refractivity contribution in [1.29, 1.82) is 0 Å². The molecule has 1 aromatic heterocycles. The summed E-state index contributed by atoms with van der Waals surface area (Å²) in [6, 6.07) is 25.8. The van der Waals surface area contributed by atoms with E-state index >= 15 is 0 Å². The van der Waals surface area contributed by atoms with Gasteiger partial charge in [-0.2, -0.15) is 0 Å². The fourth-order valence-corrected chi connectivity index (χ4v) is 5.12. The Balaban J connectivity index is 1.41. The molecule has 1 heterocycles. The first kappa shape index (κ1) is 22.5. The van der Waals surface area contributed by atoms with E-state index in [4.69, 9.17) is 9.15 Å². The smallest absolute Gasteiger partial charge is 0.264 e. The number of carbonyl (C=O) groups is 1. The van der Waals surface area contributed by atoms with E-state index in [0.29, 0.717) is 28.3 Å². The molecular weight excluding hydrogens is 464 g/mol. The van der Waals surface area contributed by atoms with Crippen LogP contribution in [-0.2, 0) is 10.0 Å². The summed E-state index contributed by atoms with van der Waals surface area (Å²) in [5.41, 5.74) is 2.66. The molecule has 0 unspecified atom stereocenters. The molecule has 0 aliphatic heterocycles. The molecule has 0 radical (unpaired) electrons. The molecule has 0 aliphatic rings. The van der Waals surface area contributed by atoms with Gasteiger partial charge in [-0.15, -0.1) is 0 Å². The van der Waals surface area contributed by atoms with Crippen LogP contribution in [0.25, 0.3) is 21.9 Å². The van der Waals surface area contributed by atoms with Crippen LogP contribution in [0.2, 0.25) is 0 Å². The van der Waals surface area contributed by atoms with Crippen LogP contribution in [0, 0.1) is 0 Å². The summed E-state index contributed by atoms with van der Waals surface area (Å²) in [5.74, 6) is 0.0835. The van der Waals surface area contributed by atoms with Gasteiger partial charge in [-0.3, -0.25) is 9.10 Å². The molecule has 4 aromatic carbocycles. The normalized spacial score (nSPS) is 11.5. The van der Waals surface area contributed by atoms with Crippen molar-refractivity contribution in [2.45, 2.75) is 4.90 Å². The zero-order chi connectivity index (χ0) is 24.6. The summed E-state index contributed by atoms with van der Waals surface area (Å²) in [7, 11) is -0.750. The van der Waals surface area contributed by atoms with Crippen LogP contribution >= 0.6 is 0 Å². The summed E-state index contributed by atoms with van der Waals surface area (Å²) >= 11 is 0. The molecule has 1 N–H and O–H groups in total. The van der Waals surface area contributed by atoms with E-state index in [-0.39, 0.29) is 4.90 Å². The molecule has 0 aliphatic carbocycles. The van der Waals surface area contributed by atoms with Gasteiger partial charge in [0.25, 0.3) is 15.9 Å². The van der Waals surface area contributed by atoms with Crippen molar-refractivity contribution >= 4 is 49.2 Å². The maximum atomic E-state index is 13.0. The number of nitrogens with one attached hydrogen (secondary N) is 1. The molecule has 1 amide bonds. The number of ether oxygens (including phenoxy) is 1. The Bertz CT molecular complexity index is 1640. The van der Waals surface area contributed by atoms with E-state index in [0.717, 1.165) is 16.4 Å². The number of amides is 1. The van der Waals surface area contributed by atoms with Gasteiger partial charge in [-0.1, -0.05) is 36.4 Å². The van der Waals surface area contributed by atoms with Gasteiger partial charge in [0.15, 0.2) is 0 Å². The van der Waals surface area contributed by atoms with Crippen molar-refractivity contribution in [3.8, 4) is 5.75 Å². The highest BCUT2D eigenvalue weighted by Crippen LogP contribution is 2.36. The third-order valence-electron chi connectivity index (χ3n) is 5.84. The Labute approximate surface area is 202 Å². The predicted octanol–water partition coefficient (Wildman–Crippen LogP) is 5.67. The monoisotopic (exact) mass is 486 g/mol. The summed E-state index contributed by atoms with van der Waals surface area (Å²) in [6.07, 6.45) is 0. The van der Waals surface area contributed by atoms with E-state index in [2.05, 4.69) is 5.32 Å². The Hall–Kier alpha value is -4.30. The summed E-state index contributed by atoms with van der Waals surface area (Å²) in [6.45, 7) is 0. The van der Waals surface area contributed by atoms with Gasteiger partial charge in [0.1, 0.15) is 16.9 Å². The Morgan fingerprint density at radius 2 is 1.54 bits per heavy atom. The van der Waals surface area contributed by atoms with E-state index in [9.17, 15) is 13.2 Å². The highest BCUT2D eigenvalue weighted by atomic mass is 32.2. The van der Waals surface area contributed by atoms with Gasteiger partial charge < -0.3 is 14.5 Å². The lowest BCUT2D eigenvalue weighted by Gasteiger charge is -2.19. The summed E-state index contributed by atoms with van der Waals surface area (Å²) in [4.78, 5) is 13.0. The SMILES string of the molecule is COc1cc2c(cc1NC(=O)c1ccc(S(=O)(=O)N(C)c3ccccc3)cc1)oc1ccccc12. The molecule has 176 valence electrons. The first-order valence-electron chi connectivity index (χ1n) is 10.8. The number of sulfonamides is 1. The number of furan rings is 1. The van der Waals surface area contributed by atoms with Crippen LogP contribution in [0.15, 0.2) is 100 Å². The lowest BCUT2D eigenvalue weighted by Crippen LogP contribution is -2.26. The number of nitrogens with zero attached hydrogens (tertiary/aromatic N) is 1. The average Bonchev–Trinajstić information content (AvgIpc) is 3.25. The quantitative estimate of drug-likeness (QED) is 0.334. The van der Waals surface area contributed by atoms with Crippen molar-refractivity contribution in [2.24, 2.45) is 0 Å². The number of benzene rings is 4. The van der Waals surface area contributed by atoms with E-state index < -0.39 is 15.9 Å². The predicted molar refractivity (Wildman–Crippen MR) is 137 cm³/mol. The molecule has 0 fully saturated rings. The second-order valence-corrected chi connectivity index (χ2v) is 9.90. The van der Waals surface area contributed by atoms with Crippen molar-refractivity contribution in [3.63, 3.8) is 0 Å². The number of fused-ring (bicyclic) bond motifs is 3. The number of rotatable bonds is 6. The molecule has 5 aromatic rings. The molecule has 0 saturated heterocycles. The van der Waals surface area contributed by atoms with Crippen LogP contribution in [0.1, 0.15) is 10.4 Å². The van der Waals surface area contributed by atoms with Gasteiger partial charge in [0.2, 0.25) is 0 Å². The number of anilines is 2. The van der Waals surface area contributed by atoms with Crippen molar-refractivity contribution in [1.82, 2.24) is 0 Å². The minimum Gasteiger partial charge on any atom is -0.495 e. The van der Waals surface area contributed by atoms with Gasteiger partial charge >= 0.3 is 0 Å². The molecule has 0 spiro atoms. The Morgan fingerprint density at radius 3 is 2.26 bits per heavy atom. The fraction of sp³-hybridized carbons (Fsp3) is 0.0741. The third-order valence-corrected chi connectivity index (χ3v) is 7.64. The highest BCUT2D eigenvalue weighted by molar-refractivity contribution is 7.92. The first-order chi connectivity index (χ1) is 16.9. The van der Waals surface area contributed by atoms with Crippen molar-refractivity contribution in [2.75, 3.05) is 23.8 Å². The number of para-hydroxylation sites is 2. The van der Waals surface area contributed by atoms with Crippen LogP contribution in [-0.4, -0.2) is 28.5 Å². The lowest BCUT2D eigenvalue weighted by molar-refractivity contribution is 0.102. The van der Waals surface area contributed by atoms with Gasteiger partial charge in [0.05, 0.1) is 23.4 Å². The number of methoxy groups -OCH3 is 1. The average molecular weight is 487 g/mol. The fourth-order valence-electron chi connectivity index (χ4n) is 3.93. The van der Waals surface area contributed by atoms with Crippen molar-refractivity contribution in [3.05, 3.63) is 96.6 Å². The standard InChI is InChI=1S/C27H22N2O5S/c1-29(19-8-4-3-5-9-19)35(31,32)20-14-12-18(13-15-20)27(30)28-23-17-25-22(16-26(23)33-2)21-10-6-7-11-24(21)34-25/h3-17H,1-2H3,(H,28,30). The second-order valence-electron chi connectivity index (χ2n) is 7.93. The topological polar surface area (TPSA) is 88.8 Å². The number of carbonyl (C=O) groups excluding carboxylic acids is 1. The molecule has 8 heteroatoms. The van der Waals surface area contributed by atoms with Crippen molar-refractivity contribution < 1.29 is 22.4 Å². The molecular formula is C27H22N2O5S. The minimum absolute atomic E-state index is 0.0849. The largest absolute Gasteiger partial charge is 0.495 e. The maximum Gasteiger partial charge on any atom is 0.264 e. The molecule has 0 atom stereocenters. The van der Waals surface area contributed by atoms with Gasteiger partial charge in [0, 0.05) is 29.4 Å². The van der Waals surface area contributed by atoms with E-state index in [1.807, 2.05) is 36.4 Å². The molecule has 7 nitrogen and oxygen atoms in total.